The molecule has 1 heterocycles. The van der Waals surface area contributed by atoms with E-state index in [-0.39, 0.29) is 11.9 Å². The van der Waals surface area contributed by atoms with E-state index in [1.54, 1.807) is 11.8 Å². The molecular weight excluding hydrogens is 314 g/mol. The predicted molar refractivity (Wildman–Crippen MR) is 94.7 cm³/mol. The number of hydrogen-bond donors (Lipinski definition) is 0. The maximum atomic E-state index is 12.6. The zero-order valence-electron chi connectivity index (χ0n) is 12.5. The Morgan fingerprint density at radius 2 is 2.09 bits per heavy atom. The van der Waals surface area contributed by atoms with E-state index in [0.29, 0.717) is 5.75 Å². The number of benzene rings is 2. The van der Waals surface area contributed by atoms with Gasteiger partial charge in [0.1, 0.15) is 0 Å². The van der Waals surface area contributed by atoms with Crippen LogP contribution in [0.5, 0.6) is 0 Å². The van der Waals surface area contributed by atoms with Gasteiger partial charge in [0.2, 0.25) is 5.91 Å². The number of amides is 1. The molecule has 1 aliphatic rings. The van der Waals surface area contributed by atoms with Gasteiger partial charge in [0.25, 0.3) is 0 Å². The van der Waals surface area contributed by atoms with Crippen LogP contribution in [0.3, 0.4) is 0 Å². The van der Waals surface area contributed by atoms with Crippen molar-refractivity contribution >= 4 is 35.0 Å². The Balaban J connectivity index is 1.61. The SMILES string of the molecule is C[C@@H]1Cc2ccccc2N1C(=O)CSCc1cccc(Cl)c1. The number of nitrogens with zero attached hydrogens (tertiary/aromatic N) is 1. The number of rotatable bonds is 4. The molecule has 0 radical (unpaired) electrons. The number of carbonyl (C=O) groups is 1. The number of carbonyl (C=O) groups excluding carboxylic acids is 1. The molecule has 2 aromatic carbocycles. The third kappa shape index (κ3) is 3.31. The van der Waals surface area contributed by atoms with Crippen LogP contribution in [0.1, 0.15) is 18.1 Å². The normalized spacial score (nSPS) is 16.6. The average molecular weight is 332 g/mol. The number of para-hydroxylation sites is 1. The summed E-state index contributed by atoms with van der Waals surface area (Å²) in [7, 11) is 0. The van der Waals surface area contributed by atoms with Crippen molar-refractivity contribution in [1.29, 1.82) is 0 Å². The van der Waals surface area contributed by atoms with Crippen molar-refractivity contribution in [2.45, 2.75) is 25.1 Å². The molecule has 0 N–H and O–H groups in total. The fraction of sp³-hybridized carbons (Fsp3) is 0.278. The van der Waals surface area contributed by atoms with Crippen molar-refractivity contribution in [2.24, 2.45) is 0 Å². The molecule has 0 saturated heterocycles. The molecule has 0 spiro atoms. The van der Waals surface area contributed by atoms with Gasteiger partial charge in [-0.1, -0.05) is 41.9 Å². The molecular formula is C18H18ClNOS. The van der Waals surface area contributed by atoms with Crippen LogP contribution < -0.4 is 4.90 Å². The maximum Gasteiger partial charge on any atom is 0.237 e. The first-order chi connectivity index (χ1) is 10.6. The standard InChI is InChI=1S/C18H18ClNOS/c1-13-9-15-6-2-3-8-17(15)20(13)18(21)12-22-11-14-5-4-7-16(19)10-14/h2-8,10,13H,9,11-12H2,1H3/t13-/m1/s1. The molecule has 0 aromatic heterocycles. The summed E-state index contributed by atoms with van der Waals surface area (Å²) in [5, 5.41) is 0.742. The van der Waals surface area contributed by atoms with E-state index in [1.165, 1.54) is 5.56 Å². The highest BCUT2D eigenvalue weighted by atomic mass is 35.5. The Morgan fingerprint density at radius 3 is 2.91 bits per heavy atom. The second-order valence-electron chi connectivity index (χ2n) is 5.57. The first-order valence-electron chi connectivity index (χ1n) is 7.37. The van der Waals surface area contributed by atoms with Gasteiger partial charge >= 0.3 is 0 Å². The summed E-state index contributed by atoms with van der Waals surface area (Å²) >= 11 is 7.62. The van der Waals surface area contributed by atoms with Gasteiger partial charge in [0.05, 0.1) is 5.75 Å². The van der Waals surface area contributed by atoms with Crippen LogP contribution in [0.4, 0.5) is 5.69 Å². The lowest BCUT2D eigenvalue weighted by molar-refractivity contribution is -0.116. The van der Waals surface area contributed by atoms with E-state index >= 15 is 0 Å². The number of thioether (sulfide) groups is 1. The summed E-state index contributed by atoms with van der Waals surface area (Å²) in [5.74, 6) is 1.48. The Morgan fingerprint density at radius 1 is 1.27 bits per heavy atom. The number of fused-ring (bicyclic) bond motifs is 1. The van der Waals surface area contributed by atoms with Crippen molar-refractivity contribution in [1.82, 2.24) is 0 Å². The minimum Gasteiger partial charge on any atom is -0.308 e. The van der Waals surface area contributed by atoms with Crippen LogP contribution in [0, 0.1) is 0 Å². The number of anilines is 1. The molecule has 0 fully saturated rings. The number of hydrogen-bond acceptors (Lipinski definition) is 2. The summed E-state index contributed by atoms with van der Waals surface area (Å²) in [6.45, 7) is 2.11. The third-order valence-corrected chi connectivity index (χ3v) is 5.08. The van der Waals surface area contributed by atoms with Crippen LogP contribution in [0.15, 0.2) is 48.5 Å². The van der Waals surface area contributed by atoms with Crippen molar-refractivity contribution in [3.63, 3.8) is 0 Å². The molecule has 1 aliphatic heterocycles. The zero-order valence-corrected chi connectivity index (χ0v) is 14.0. The van der Waals surface area contributed by atoms with Crippen molar-refractivity contribution in [2.75, 3.05) is 10.7 Å². The topological polar surface area (TPSA) is 20.3 Å². The van der Waals surface area contributed by atoms with Crippen molar-refractivity contribution < 1.29 is 4.79 Å². The van der Waals surface area contributed by atoms with E-state index in [2.05, 4.69) is 13.0 Å². The molecule has 0 bridgehead atoms. The van der Waals surface area contributed by atoms with Gasteiger partial charge in [-0.3, -0.25) is 4.79 Å². The van der Waals surface area contributed by atoms with Crippen LogP contribution >= 0.6 is 23.4 Å². The first kappa shape index (κ1) is 15.4. The molecule has 1 amide bonds. The van der Waals surface area contributed by atoms with E-state index in [0.717, 1.165) is 28.4 Å². The van der Waals surface area contributed by atoms with Crippen LogP contribution in [0.25, 0.3) is 0 Å². The monoisotopic (exact) mass is 331 g/mol. The Kier molecular flexibility index (Phi) is 4.74. The van der Waals surface area contributed by atoms with Crippen LogP contribution in [-0.4, -0.2) is 17.7 Å². The van der Waals surface area contributed by atoms with Gasteiger partial charge in [-0.05, 0) is 42.7 Å². The van der Waals surface area contributed by atoms with E-state index in [1.807, 2.05) is 47.4 Å². The lowest BCUT2D eigenvalue weighted by atomic mass is 10.1. The maximum absolute atomic E-state index is 12.6. The molecule has 2 nitrogen and oxygen atoms in total. The smallest absolute Gasteiger partial charge is 0.237 e. The second kappa shape index (κ2) is 6.76. The summed E-state index contributed by atoms with van der Waals surface area (Å²) in [4.78, 5) is 14.5. The summed E-state index contributed by atoms with van der Waals surface area (Å²) in [6, 6.07) is 16.2. The highest BCUT2D eigenvalue weighted by Gasteiger charge is 2.30. The highest BCUT2D eigenvalue weighted by molar-refractivity contribution is 7.99. The minimum atomic E-state index is 0.185. The van der Waals surface area contributed by atoms with Gasteiger partial charge < -0.3 is 4.90 Å². The summed E-state index contributed by atoms with van der Waals surface area (Å²) in [6.07, 6.45) is 0.945. The van der Waals surface area contributed by atoms with Gasteiger partial charge in [0, 0.05) is 22.5 Å². The predicted octanol–water partition coefficient (Wildman–Crippen LogP) is 4.55. The fourth-order valence-corrected chi connectivity index (χ4v) is 3.94. The largest absolute Gasteiger partial charge is 0.308 e. The molecule has 0 saturated carbocycles. The first-order valence-corrected chi connectivity index (χ1v) is 8.90. The third-order valence-electron chi connectivity index (χ3n) is 3.86. The van der Waals surface area contributed by atoms with Crippen LogP contribution in [0.2, 0.25) is 5.02 Å². The van der Waals surface area contributed by atoms with Gasteiger partial charge in [-0.2, -0.15) is 0 Å². The molecule has 1 atom stereocenters. The molecule has 4 heteroatoms. The summed E-state index contributed by atoms with van der Waals surface area (Å²) in [5.41, 5.74) is 3.49. The zero-order chi connectivity index (χ0) is 15.5. The highest BCUT2D eigenvalue weighted by Crippen LogP contribution is 2.32. The van der Waals surface area contributed by atoms with Crippen molar-refractivity contribution in [3.8, 4) is 0 Å². The fourth-order valence-electron chi connectivity index (χ4n) is 2.90. The lowest BCUT2D eigenvalue weighted by Crippen LogP contribution is -2.37. The molecule has 2 aromatic rings. The molecule has 114 valence electrons. The van der Waals surface area contributed by atoms with Crippen molar-refractivity contribution in [3.05, 3.63) is 64.7 Å². The van der Waals surface area contributed by atoms with Gasteiger partial charge in [-0.25, -0.2) is 0 Å². The summed E-state index contributed by atoms with van der Waals surface area (Å²) < 4.78 is 0. The Hall–Kier alpha value is -1.45. The van der Waals surface area contributed by atoms with Gasteiger partial charge in [0.15, 0.2) is 0 Å². The quantitative estimate of drug-likeness (QED) is 0.819. The Labute approximate surface area is 140 Å². The van der Waals surface area contributed by atoms with Crippen LogP contribution in [-0.2, 0) is 17.0 Å². The van der Waals surface area contributed by atoms with E-state index < -0.39 is 0 Å². The lowest BCUT2D eigenvalue weighted by Gasteiger charge is -2.22. The molecule has 0 aliphatic carbocycles. The minimum absolute atomic E-state index is 0.185. The van der Waals surface area contributed by atoms with E-state index in [4.69, 9.17) is 11.6 Å². The average Bonchev–Trinajstić information content (AvgIpc) is 2.83. The molecule has 22 heavy (non-hydrogen) atoms. The molecule has 0 unspecified atom stereocenters. The Bertz CT molecular complexity index is 688. The molecule has 3 rings (SSSR count). The second-order valence-corrected chi connectivity index (χ2v) is 6.99. The van der Waals surface area contributed by atoms with E-state index in [9.17, 15) is 4.79 Å². The van der Waals surface area contributed by atoms with Gasteiger partial charge in [-0.15, -0.1) is 11.8 Å². The number of halogens is 1.